The second-order valence-electron chi connectivity index (χ2n) is 14.5. The topological polar surface area (TPSA) is 0 Å². The highest BCUT2D eigenvalue weighted by Gasteiger charge is 1.96. The van der Waals surface area contributed by atoms with Crippen LogP contribution in [0.1, 0.15) is 232 Å². The molecule has 0 heterocycles. The molecular formula is C48H86. The van der Waals surface area contributed by atoms with E-state index in [9.17, 15) is 0 Å². The second-order valence-corrected chi connectivity index (χ2v) is 14.5. The van der Waals surface area contributed by atoms with E-state index >= 15 is 0 Å². The van der Waals surface area contributed by atoms with Gasteiger partial charge in [0.25, 0.3) is 0 Å². The molecular weight excluding hydrogens is 577 g/mol. The summed E-state index contributed by atoms with van der Waals surface area (Å²) in [7, 11) is 0. The third kappa shape index (κ3) is 44.4. The zero-order valence-corrected chi connectivity index (χ0v) is 32.8. The fraction of sp³-hybridized carbons (Fsp3) is 0.750. The van der Waals surface area contributed by atoms with Gasteiger partial charge >= 0.3 is 0 Å². The summed E-state index contributed by atoms with van der Waals surface area (Å²) in [5.41, 5.74) is 0. The van der Waals surface area contributed by atoms with E-state index in [2.05, 4.69) is 74.3 Å². The lowest BCUT2D eigenvalue weighted by Crippen LogP contribution is -1.83. The summed E-state index contributed by atoms with van der Waals surface area (Å²) >= 11 is 0. The maximum atomic E-state index is 3.72. The molecule has 0 saturated carbocycles. The lowest BCUT2D eigenvalue weighted by molar-refractivity contribution is 0.528. The van der Waals surface area contributed by atoms with Crippen molar-refractivity contribution in [3.63, 3.8) is 0 Å². The molecule has 278 valence electrons. The van der Waals surface area contributed by atoms with Gasteiger partial charge in [-0.05, 0) is 64.2 Å². The van der Waals surface area contributed by atoms with Crippen LogP contribution < -0.4 is 0 Å². The van der Waals surface area contributed by atoms with Gasteiger partial charge in [-0.3, -0.25) is 0 Å². The standard InChI is InChI=1S/C48H86/c1-3-5-7-9-11-13-15-17-19-21-23-25-27-29-31-33-35-37-39-41-43-45-47-48-46-44-42-40-38-36-34-32-30-28-26-24-22-20-18-16-14-12-10-8-6-4-2/h3,5,7,10,12,14,16,44-47H,1,4,6,8-9,11,13,15,17-43,48H2,2H3. The summed E-state index contributed by atoms with van der Waals surface area (Å²) in [6.45, 7) is 5.98. The Kier molecular flexibility index (Phi) is 44.0. The van der Waals surface area contributed by atoms with Gasteiger partial charge in [0.15, 0.2) is 0 Å². The van der Waals surface area contributed by atoms with Crippen molar-refractivity contribution in [2.75, 3.05) is 0 Å². The summed E-state index contributed by atoms with van der Waals surface area (Å²) in [6, 6.07) is 0. The molecule has 0 aliphatic rings. The Morgan fingerprint density at radius 3 is 0.812 bits per heavy atom. The summed E-state index contributed by atoms with van der Waals surface area (Å²) in [4.78, 5) is 0. The molecule has 0 fully saturated rings. The number of hydrogen-bond donors (Lipinski definition) is 0. The first kappa shape index (κ1) is 46.4. The van der Waals surface area contributed by atoms with Crippen LogP contribution in [0.25, 0.3) is 0 Å². The molecule has 0 atom stereocenters. The van der Waals surface area contributed by atoms with E-state index in [0.717, 1.165) is 6.42 Å². The Bertz CT molecular complexity index is 731. The highest BCUT2D eigenvalue weighted by molar-refractivity contribution is 5.02. The van der Waals surface area contributed by atoms with Crippen LogP contribution >= 0.6 is 0 Å². The maximum Gasteiger partial charge on any atom is -0.0169 e. The Hall–Kier alpha value is -1.56. The fourth-order valence-corrected chi connectivity index (χ4v) is 6.49. The molecule has 48 heavy (non-hydrogen) atoms. The molecule has 0 aliphatic heterocycles. The van der Waals surface area contributed by atoms with Crippen LogP contribution in [0.5, 0.6) is 0 Å². The van der Waals surface area contributed by atoms with E-state index in [0.29, 0.717) is 0 Å². The summed E-state index contributed by atoms with van der Waals surface area (Å²) in [6.07, 6.45) is 73.5. The molecule has 0 amide bonds. The lowest BCUT2D eigenvalue weighted by atomic mass is 10.0. The van der Waals surface area contributed by atoms with Gasteiger partial charge < -0.3 is 0 Å². The second kappa shape index (κ2) is 45.4. The van der Waals surface area contributed by atoms with Gasteiger partial charge in [0, 0.05) is 0 Å². The van der Waals surface area contributed by atoms with Crippen LogP contribution in [0.2, 0.25) is 0 Å². The monoisotopic (exact) mass is 663 g/mol. The predicted octanol–water partition coefficient (Wildman–Crippen LogP) is 17.6. The van der Waals surface area contributed by atoms with Crippen molar-refractivity contribution in [3.05, 3.63) is 73.4 Å². The van der Waals surface area contributed by atoms with Crippen LogP contribution in [0.15, 0.2) is 73.4 Å². The zero-order valence-electron chi connectivity index (χ0n) is 32.8. The van der Waals surface area contributed by atoms with E-state index in [1.165, 1.54) is 218 Å². The SMILES string of the molecule is C=CC=CCCCCCCCCCCCCCCCCCCC=CCC=CCCCCCCCCCCCCCC=CC=CCCCC. The first-order valence-electron chi connectivity index (χ1n) is 21.8. The molecule has 0 aromatic carbocycles. The summed E-state index contributed by atoms with van der Waals surface area (Å²) in [5.74, 6) is 0. The fourth-order valence-electron chi connectivity index (χ4n) is 6.49. The van der Waals surface area contributed by atoms with Crippen molar-refractivity contribution < 1.29 is 0 Å². The van der Waals surface area contributed by atoms with Gasteiger partial charge in [-0.2, -0.15) is 0 Å². The predicted molar refractivity (Wildman–Crippen MR) is 223 cm³/mol. The average Bonchev–Trinajstić information content (AvgIpc) is 3.10. The van der Waals surface area contributed by atoms with E-state index in [1.54, 1.807) is 0 Å². The van der Waals surface area contributed by atoms with E-state index < -0.39 is 0 Å². The molecule has 0 aliphatic carbocycles. The van der Waals surface area contributed by atoms with Gasteiger partial charge in [0.1, 0.15) is 0 Å². The lowest BCUT2D eigenvalue weighted by Gasteiger charge is -2.03. The van der Waals surface area contributed by atoms with Crippen LogP contribution in [-0.4, -0.2) is 0 Å². The minimum atomic E-state index is 1.13. The quantitative estimate of drug-likeness (QED) is 0.0348. The van der Waals surface area contributed by atoms with Crippen molar-refractivity contribution in [2.24, 2.45) is 0 Å². The molecule has 0 rings (SSSR count). The first-order chi connectivity index (χ1) is 23.9. The van der Waals surface area contributed by atoms with Gasteiger partial charge in [-0.15, -0.1) is 0 Å². The summed E-state index contributed by atoms with van der Waals surface area (Å²) < 4.78 is 0. The van der Waals surface area contributed by atoms with Crippen molar-refractivity contribution >= 4 is 0 Å². The first-order valence-corrected chi connectivity index (χ1v) is 21.8. The third-order valence-electron chi connectivity index (χ3n) is 9.72. The van der Waals surface area contributed by atoms with Crippen molar-refractivity contribution in [3.8, 4) is 0 Å². The number of allylic oxidation sites excluding steroid dienone is 11. The highest BCUT2D eigenvalue weighted by atomic mass is 14.0. The molecule has 0 unspecified atom stereocenters. The summed E-state index contributed by atoms with van der Waals surface area (Å²) in [5, 5.41) is 0. The molecule has 0 bridgehead atoms. The van der Waals surface area contributed by atoms with E-state index in [-0.39, 0.29) is 0 Å². The van der Waals surface area contributed by atoms with E-state index in [1.807, 2.05) is 6.08 Å². The molecule has 0 radical (unpaired) electrons. The van der Waals surface area contributed by atoms with Crippen LogP contribution in [0, 0.1) is 0 Å². The zero-order chi connectivity index (χ0) is 34.5. The number of unbranched alkanes of at least 4 members (excludes halogenated alkanes) is 31. The van der Waals surface area contributed by atoms with Gasteiger partial charge in [0.05, 0.1) is 0 Å². The molecule has 0 aromatic rings. The molecule has 0 heteroatoms. The number of rotatable bonds is 40. The van der Waals surface area contributed by atoms with Gasteiger partial charge in [-0.1, -0.05) is 241 Å². The molecule has 0 N–H and O–H groups in total. The Balaban J connectivity index is 3.19. The Labute approximate surface area is 304 Å². The molecule has 0 aromatic heterocycles. The smallest absolute Gasteiger partial charge is 0.0169 e. The number of hydrogen-bond acceptors (Lipinski definition) is 0. The molecule has 0 nitrogen and oxygen atoms in total. The van der Waals surface area contributed by atoms with Crippen LogP contribution in [0.4, 0.5) is 0 Å². The molecule has 0 saturated heterocycles. The van der Waals surface area contributed by atoms with Crippen molar-refractivity contribution in [1.82, 2.24) is 0 Å². The van der Waals surface area contributed by atoms with Crippen molar-refractivity contribution in [1.29, 1.82) is 0 Å². The maximum absolute atomic E-state index is 3.72. The highest BCUT2D eigenvalue weighted by Crippen LogP contribution is 2.15. The van der Waals surface area contributed by atoms with Crippen LogP contribution in [-0.2, 0) is 0 Å². The van der Waals surface area contributed by atoms with E-state index in [4.69, 9.17) is 0 Å². The van der Waals surface area contributed by atoms with Gasteiger partial charge in [0.2, 0.25) is 0 Å². The van der Waals surface area contributed by atoms with Crippen molar-refractivity contribution in [2.45, 2.75) is 232 Å². The Morgan fingerprint density at radius 1 is 0.271 bits per heavy atom. The largest absolute Gasteiger partial charge is 0.0991 e. The molecule has 0 spiro atoms. The average molecular weight is 663 g/mol. The minimum absolute atomic E-state index is 1.13. The minimum Gasteiger partial charge on any atom is -0.0991 e. The Morgan fingerprint density at radius 2 is 0.521 bits per heavy atom. The van der Waals surface area contributed by atoms with Crippen LogP contribution in [0.3, 0.4) is 0 Å². The third-order valence-corrected chi connectivity index (χ3v) is 9.72. The van der Waals surface area contributed by atoms with Gasteiger partial charge in [-0.25, -0.2) is 0 Å². The normalized spacial score (nSPS) is 12.4.